The van der Waals surface area contributed by atoms with Crippen LogP contribution < -0.4 is 10.9 Å². The summed E-state index contributed by atoms with van der Waals surface area (Å²) in [6, 6.07) is 4.73. The fourth-order valence-electron chi connectivity index (χ4n) is 1.37. The van der Waals surface area contributed by atoms with Crippen LogP contribution in [0.1, 0.15) is 11.1 Å². The summed E-state index contributed by atoms with van der Waals surface area (Å²) in [6.45, 7) is -0.0986. The minimum absolute atomic E-state index is 0.0986. The van der Waals surface area contributed by atoms with Crippen molar-refractivity contribution in [1.29, 1.82) is 0 Å². The molecular weight excluding hydrogens is 235 g/mol. The molecule has 0 radical (unpaired) electrons. The largest absolute Gasteiger partial charge is 0.416 e. The molecule has 1 aromatic rings. The Bertz CT molecular complexity index is 482. The number of aliphatic imine (C=N–C) groups is 1. The third-order valence-corrected chi connectivity index (χ3v) is 2.16. The van der Waals surface area contributed by atoms with Crippen molar-refractivity contribution in [3.8, 4) is 0 Å². The number of nitrogens with one attached hydrogen (secondary N) is 2. The number of hydrogen-bond donors (Lipinski definition) is 2. The van der Waals surface area contributed by atoms with E-state index in [9.17, 15) is 18.0 Å². The molecule has 1 aliphatic rings. The average Bonchev–Trinajstić information content (AvgIpc) is 2.29. The topological polar surface area (TPSA) is 53.5 Å². The molecule has 1 aromatic carbocycles. The Morgan fingerprint density at radius 3 is 2.59 bits per heavy atom. The predicted octanol–water partition coefficient (Wildman–Crippen LogP) is 1.09. The molecule has 0 aliphatic carbocycles. The van der Waals surface area contributed by atoms with Crippen molar-refractivity contribution < 1.29 is 18.0 Å². The Hall–Kier alpha value is -2.05. The van der Waals surface area contributed by atoms with Gasteiger partial charge in [0.05, 0.1) is 5.56 Å². The van der Waals surface area contributed by atoms with Gasteiger partial charge in [0.25, 0.3) is 5.91 Å². The molecule has 0 saturated heterocycles. The van der Waals surface area contributed by atoms with Crippen molar-refractivity contribution in [1.82, 2.24) is 10.9 Å². The number of rotatable bonds is 1. The molecule has 0 aromatic heterocycles. The smallest absolute Gasteiger partial charge is 0.282 e. The van der Waals surface area contributed by atoms with E-state index in [4.69, 9.17) is 0 Å². The van der Waals surface area contributed by atoms with Crippen molar-refractivity contribution in [2.75, 3.05) is 6.54 Å². The third kappa shape index (κ3) is 2.55. The zero-order chi connectivity index (χ0) is 12.5. The molecule has 7 heteroatoms. The summed E-state index contributed by atoms with van der Waals surface area (Å²) in [5, 5.41) is 0. The van der Waals surface area contributed by atoms with Gasteiger partial charge in [-0.15, -0.1) is 0 Å². The third-order valence-electron chi connectivity index (χ3n) is 2.16. The zero-order valence-corrected chi connectivity index (χ0v) is 8.51. The van der Waals surface area contributed by atoms with Gasteiger partial charge in [-0.3, -0.25) is 20.6 Å². The first kappa shape index (κ1) is 11.4. The number of amidine groups is 1. The van der Waals surface area contributed by atoms with Crippen molar-refractivity contribution in [3.05, 3.63) is 35.4 Å². The lowest BCUT2D eigenvalue weighted by molar-refractivity contribution is -0.137. The molecule has 1 amide bonds. The molecule has 0 atom stereocenters. The van der Waals surface area contributed by atoms with Gasteiger partial charge < -0.3 is 0 Å². The van der Waals surface area contributed by atoms with Crippen LogP contribution in [0.3, 0.4) is 0 Å². The molecule has 1 aliphatic heterocycles. The van der Waals surface area contributed by atoms with Gasteiger partial charge in [0.1, 0.15) is 12.4 Å². The minimum Gasteiger partial charge on any atom is -0.282 e. The number of carbonyl (C=O) groups is 1. The molecular formula is C10H8F3N3O. The van der Waals surface area contributed by atoms with Gasteiger partial charge in [0.2, 0.25) is 0 Å². The van der Waals surface area contributed by atoms with E-state index >= 15 is 0 Å². The number of carbonyl (C=O) groups excluding carboxylic acids is 1. The number of halogens is 3. The van der Waals surface area contributed by atoms with Crippen molar-refractivity contribution >= 4 is 11.7 Å². The van der Waals surface area contributed by atoms with Crippen LogP contribution in [0, 0.1) is 0 Å². The van der Waals surface area contributed by atoms with E-state index in [1.54, 1.807) is 0 Å². The molecule has 0 unspecified atom stereocenters. The first-order valence-corrected chi connectivity index (χ1v) is 4.74. The maximum Gasteiger partial charge on any atom is 0.416 e. The molecule has 4 nitrogen and oxygen atoms in total. The highest BCUT2D eigenvalue weighted by molar-refractivity contribution is 6.02. The van der Waals surface area contributed by atoms with Gasteiger partial charge >= 0.3 is 6.18 Å². The molecule has 2 N–H and O–H groups in total. The molecule has 0 spiro atoms. The molecule has 0 bridgehead atoms. The summed E-state index contributed by atoms with van der Waals surface area (Å²) in [5.74, 6) is -0.114. The Labute approximate surface area is 94.5 Å². The second-order valence-corrected chi connectivity index (χ2v) is 3.42. The quantitative estimate of drug-likeness (QED) is 0.775. The van der Waals surface area contributed by atoms with E-state index in [0.29, 0.717) is 0 Å². The number of benzene rings is 1. The standard InChI is InChI=1S/C10H8F3N3O/c11-10(12,13)7-3-1-2-6(4-7)9-14-5-8(17)15-16-9/h1-4H,5H2,(H,14,16)(H,15,17). The monoisotopic (exact) mass is 243 g/mol. The van der Waals surface area contributed by atoms with Crippen molar-refractivity contribution in [3.63, 3.8) is 0 Å². The number of amides is 1. The lowest BCUT2D eigenvalue weighted by atomic mass is 10.1. The van der Waals surface area contributed by atoms with Gasteiger partial charge in [-0.2, -0.15) is 13.2 Å². The summed E-state index contributed by atoms with van der Waals surface area (Å²) < 4.78 is 37.4. The lowest BCUT2D eigenvalue weighted by Gasteiger charge is -2.16. The van der Waals surface area contributed by atoms with E-state index in [-0.39, 0.29) is 23.9 Å². The van der Waals surface area contributed by atoms with Crippen LogP contribution in [0.25, 0.3) is 0 Å². The average molecular weight is 243 g/mol. The highest BCUT2D eigenvalue weighted by atomic mass is 19.4. The van der Waals surface area contributed by atoms with Crippen LogP contribution in [0.5, 0.6) is 0 Å². The summed E-state index contributed by atoms with van der Waals surface area (Å²) in [4.78, 5) is 14.6. The van der Waals surface area contributed by atoms with E-state index in [1.165, 1.54) is 12.1 Å². The predicted molar refractivity (Wildman–Crippen MR) is 54.1 cm³/mol. The van der Waals surface area contributed by atoms with Crippen LogP contribution in [0.4, 0.5) is 13.2 Å². The van der Waals surface area contributed by atoms with E-state index in [0.717, 1.165) is 12.1 Å². The fourth-order valence-corrected chi connectivity index (χ4v) is 1.37. The number of hydrazine groups is 1. The van der Waals surface area contributed by atoms with E-state index in [2.05, 4.69) is 15.8 Å². The normalized spacial score (nSPS) is 15.9. The van der Waals surface area contributed by atoms with Gasteiger partial charge in [-0.05, 0) is 12.1 Å². The second kappa shape index (κ2) is 4.08. The summed E-state index contributed by atoms with van der Waals surface area (Å²) in [6.07, 6.45) is -4.39. The van der Waals surface area contributed by atoms with E-state index < -0.39 is 11.7 Å². The second-order valence-electron chi connectivity index (χ2n) is 3.42. The first-order chi connectivity index (χ1) is 7.97. The minimum atomic E-state index is -4.39. The molecule has 17 heavy (non-hydrogen) atoms. The van der Waals surface area contributed by atoms with E-state index in [1.807, 2.05) is 0 Å². The van der Waals surface area contributed by atoms with Crippen LogP contribution in [0.15, 0.2) is 29.3 Å². The summed E-state index contributed by atoms with van der Waals surface area (Å²) >= 11 is 0. The number of nitrogens with zero attached hydrogens (tertiary/aromatic N) is 1. The molecule has 0 saturated carbocycles. The Balaban J connectivity index is 2.31. The summed E-state index contributed by atoms with van der Waals surface area (Å²) in [5.41, 5.74) is 4.26. The van der Waals surface area contributed by atoms with Crippen molar-refractivity contribution in [2.24, 2.45) is 4.99 Å². The zero-order valence-electron chi connectivity index (χ0n) is 8.51. The van der Waals surface area contributed by atoms with Crippen molar-refractivity contribution in [2.45, 2.75) is 6.18 Å². The number of alkyl halides is 3. The molecule has 0 fully saturated rings. The van der Waals surface area contributed by atoms with Gasteiger partial charge in [-0.25, -0.2) is 0 Å². The Morgan fingerprint density at radius 2 is 2.00 bits per heavy atom. The van der Waals surface area contributed by atoms with Gasteiger partial charge in [0, 0.05) is 5.56 Å². The Kier molecular flexibility index (Phi) is 2.74. The van der Waals surface area contributed by atoms with Crippen LogP contribution in [0.2, 0.25) is 0 Å². The summed E-state index contributed by atoms with van der Waals surface area (Å²) in [7, 11) is 0. The van der Waals surface area contributed by atoms with Crippen LogP contribution in [-0.2, 0) is 11.0 Å². The maximum absolute atomic E-state index is 12.5. The van der Waals surface area contributed by atoms with Crippen LogP contribution >= 0.6 is 0 Å². The highest BCUT2D eigenvalue weighted by Crippen LogP contribution is 2.29. The molecule has 90 valence electrons. The Morgan fingerprint density at radius 1 is 1.24 bits per heavy atom. The lowest BCUT2D eigenvalue weighted by Crippen LogP contribution is -2.47. The first-order valence-electron chi connectivity index (χ1n) is 4.74. The molecule has 2 rings (SSSR count). The van der Waals surface area contributed by atoms with Crippen LogP contribution in [-0.4, -0.2) is 18.3 Å². The fraction of sp³-hybridized carbons (Fsp3) is 0.200. The maximum atomic E-state index is 12.5. The SMILES string of the molecule is O=C1CN=C(c2cccc(C(F)(F)F)c2)NN1. The van der Waals surface area contributed by atoms with Gasteiger partial charge in [-0.1, -0.05) is 12.1 Å². The molecule has 1 heterocycles. The number of hydrogen-bond acceptors (Lipinski definition) is 3. The van der Waals surface area contributed by atoms with Gasteiger partial charge in [0.15, 0.2) is 0 Å². The highest BCUT2D eigenvalue weighted by Gasteiger charge is 2.30.